The first-order chi connectivity index (χ1) is 10.2. The van der Waals surface area contributed by atoms with Crippen LogP contribution in [0.25, 0.3) is 0 Å². The molecule has 1 unspecified atom stereocenters. The van der Waals surface area contributed by atoms with Gasteiger partial charge in [0.15, 0.2) is 0 Å². The molecule has 3 rings (SSSR count). The molecule has 0 radical (unpaired) electrons. The second-order valence-electron chi connectivity index (χ2n) is 6.15. The zero-order valence-corrected chi connectivity index (χ0v) is 12.9. The maximum absolute atomic E-state index is 6.07. The summed E-state index contributed by atoms with van der Waals surface area (Å²) in [6.07, 6.45) is 4.23. The van der Waals surface area contributed by atoms with E-state index in [-0.39, 0.29) is 11.6 Å². The Kier molecular flexibility index (Phi) is 4.57. The molecule has 1 N–H and O–H groups in total. The van der Waals surface area contributed by atoms with Crippen molar-refractivity contribution in [3.63, 3.8) is 0 Å². The molecule has 6 heteroatoms. The summed E-state index contributed by atoms with van der Waals surface area (Å²) in [6, 6.07) is 0.00110. The highest BCUT2D eigenvalue weighted by molar-refractivity contribution is 5.06. The molecule has 0 bridgehead atoms. The van der Waals surface area contributed by atoms with Gasteiger partial charge in [-0.2, -0.15) is 4.98 Å². The largest absolute Gasteiger partial charge is 0.378 e. The van der Waals surface area contributed by atoms with Crippen molar-refractivity contribution < 1.29 is 14.0 Å². The fourth-order valence-electron chi connectivity index (χ4n) is 3.22. The van der Waals surface area contributed by atoms with E-state index in [0.29, 0.717) is 24.9 Å². The smallest absolute Gasteiger partial charge is 0.246 e. The number of morpholine rings is 1. The van der Waals surface area contributed by atoms with Crippen LogP contribution in [-0.4, -0.2) is 36.5 Å². The van der Waals surface area contributed by atoms with Gasteiger partial charge in [0, 0.05) is 13.2 Å². The van der Waals surface area contributed by atoms with Crippen LogP contribution in [0.2, 0.25) is 0 Å². The second-order valence-corrected chi connectivity index (χ2v) is 6.15. The van der Waals surface area contributed by atoms with Gasteiger partial charge >= 0.3 is 0 Å². The van der Waals surface area contributed by atoms with Crippen molar-refractivity contribution in [2.24, 2.45) is 5.92 Å². The first kappa shape index (κ1) is 14.9. The van der Waals surface area contributed by atoms with Crippen LogP contribution in [0.4, 0.5) is 0 Å². The van der Waals surface area contributed by atoms with E-state index in [4.69, 9.17) is 14.0 Å². The van der Waals surface area contributed by atoms with Gasteiger partial charge in [-0.3, -0.25) is 0 Å². The Labute approximate surface area is 125 Å². The number of ether oxygens (including phenoxy) is 2. The van der Waals surface area contributed by atoms with Crippen molar-refractivity contribution in [1.82, 2.24) is 15.5 Å². The van der Waals surface area contributed by atoms with Crippen LogP contribution in [0.5, 0.6) is 0 Å². The van der Waals surface area contributed by atoms with Gasteiger partial charge in [-0.25, -0.2) is 0 Å². The van der Waals surface area contributed by atoms with E-state index in [1.165, 1.54) is 0 Å². The molecule has 1 aromatic rings. The van der Waals surface area contributed by atoms with E-state index >= 15 is 0 Å². The highest BCUT2D eigenvalue weighted by atomic mass is 16.5. The fourth-order valence-corrected chi connectivity index (χ4v) is 3.22. The lowest BCUT2D eigenvalue weighted by Gasteiger charge is -2.36. The van der Waals surface area contributed by atoms with Crippen LogP contribution in [-0.2, 0) is 15.1 Å². The molecule has 2 fully saturated rings. The molecule has 0 aromatic carbocycles. The number of nitrogens with zero attached hydrogens (tertiary/aromatic N) is 2. The van der Waals surface area contributed by atoms with Crippen molar-refractivity contribution in [1.29, 1.82) is 0 Å². The maximum atomic E-state index is 6.07. The van der Waals surface area contributed by atoms with E-state index < -0.39 is 0 Å². The standard InChI is InChI=1S/C15H25N3O3/c1-3-20-15(6-4-11(2)5-7-15)14-17-13(21-18-14)12-10-19-9-8-16-12/h11-12,16H,3-10H2,1-2H3. The molecular weight excluding hydrogens is 270 g/mol. The lowest BCUT2D eigenvalue weighted by Crippen LogP contribution is -2.36. The SMILES string of the molecule is CCOC1(c2noc(C3COCCN3)n2)CCC(C)CC1. The minimum absolute atomic E-state index is 0.00110. The molecule has 1 aliphatic carbocycles. The van der Waals surface area contributed by atoms with Crippen LogP contribution in [0.1, 0.15) is 57.3 Å². The predicted octanol–water partition coefficient (Wildman–Crippen LogP) is 2.17. The first-order valence-corrected chi connectivity index (χ1v) is 8.02. The molecular formula is C15H25N3O3. The summed E-state index contributed by atoms with van der Waals surface area (Å²) in [5.74, 6) is 2.07. The number of aromatic nitrogens is 2. The molecule has 2 aliphatic rings. The van der Waals surface area contributed by atoms with Gasteiger partial charge in [0.05, 0.1) is 13.2 Å². The Hall–Kier alpha value is -0.980. The van der Waals surface area contributed by atoms with Gasteiger partial charge in [0.2, 0.25) is 11.7 Å². The van der Waals surface area contributed by atoms with Crippen molar-refractivity contribution >= 4 is 0 Å². The third-order valence-corrected chi connectivity index (χ3v) is 4.57. The summed E-state index contributed by atoms with van der Waals surface area (Å²) in [5.41, 5.74) is -0.363. The van der Waals surface area contributed by atoms with Crippen molar-refractivity contribution in [2.75, 3.05) is 26.4 Å². The number of rotatable bonds is 4. The minimum atomic E-state index is -0.363. The Morgan fingerprint density at radius 1 is 1.38 bits per heavy atom. The van der Waals surface area contributed by atoms with Crippen LogP contribution < -0.4 is 5.32 Å². The molecule has 0 spiro atoms. The number of nitrogens with one attached hydrogen (secondary N) is 1. The Bertz CT molecular complexity index is 449. The Balaban J connectivity index is 1.78. The number of hydrogen-bond acceptors (Lipinski definition) is 6. The summed E-state index contributed by atoms with van der Waals surface area (Å²) in [5, 5.41) is 7.57. The van der Waals surface area contributed by atoms with Gasteiger partial charge in [-0.15, -0.1) is 0 Å². The summed E-state index contributed by atoms with van der Waals surface area (Å²) in [4.78, 5) is 4.63. The Morgan fingerprint density at radius 2 is 2.19 bits per heavy atom. The molecule has 6 nitrogen and oxygen atoms in total. The molecule has 1 aliphatic heterocycles. The van der Waals surface area contributed by atoms with Gasteiger partial charge in [0.25, 0.3) is 0 Å². The zero-order valence-electron chi connectivity index (χ0n) is 12.9. The van der Waals surface area contributed by atoms with Gasteiger partial charge < -0.3 is 19.3 Å². The Morgan fingerprint density at radius 3 is 2.86 bits per heavy atom. The second kappa shape index (κ2) is 6.42. The van der Waals surface area contributed by atoms with E-state index in [0.717, 1.165) is 44.8 Å². The van der Waals surface area contributed by atoms with E-state index in [9.17, 15) is 0 Å². The van der Waals surface area contributed by atoms with Gasteiger partial charge in [0.1, 0.15) is 11.6 Å². The molecule has 118 valence electrons. The van der Waals surface area contributed by atoms with Crippen molar-refractivity contribution in [3.05, 3.63) is 11.7 Å². The zero-order chi connectivity index (χ0) is 14.7. The molecule has 1 atom stereocenters. The topological polar surface area (TPSA) is 69.4 Å². The van der Waals surface area contributed by atoms with E-state index in [1.807, 2.05) is 6.92 Å². The lowest BCUT2D eigenvalue weighted by molar-refractivity contribution is -0.0847. The summed E-state index contributed by atoms with van der Waals surface area (Å²) >= 11 is 0. The fraction of sp³-hybridized carbons (Fsp3) is 0.867. The van der Waals surface area contributed by atoms with Crippen LogP contribution in [0.3, 0.4) is 0 Å². The normalized spacial score (nSPS) is 34.0. The molecule has 1 aromatic heterocycles. The van der Waals surface area contributed by atoms with Crippen molar-refractivity contribution in [3.8, 4) is 0 Å². The molecule has 1 saturated heterocycles. The molecule has 21 heavy (non-hydrogen) atoms. The molecule has 0 amide bonds. The summed E-state index contributed by atoms with van der Waals surface area (Å²) < 4.78 is 17.0. The van der Waals surface area contributed by atoms with Gasteiger partial charge in [-0.05, 0) is 38.5 Å². The van der Waals surface area contributed by atoms with Crippen LogP contribution in [0.15, 0.2) is 4.52 Å². The first-order valence-electron chi connectivity index (χ1n) is 8.02. The average Bonchev–Trinajstić information content (AvgIpc) is 3.01. The van der Waals surface area contributed by atoms with Gasteiger partial charge in [-0.1, -0.05) is 12.1 Å². The van der Waals surface area contributed by atoms with Crippen LogP contribution in [0, 0.1) is 5.92 Å². The lowest BCUT2D eigenvalue weighted by atomic mass is 9.79. The molecule has 1 saturated carbocycles. The maximum Gasteiger partial charge on any atom is 0.246 e. The van der Waals surface area contributed by atoms with E-state index in [2.05, 4.69) is 22.4 Å². The minimum Gasteiger partial charge on any atom is -0.378 e. The average molecular weight is 295 g/mol. The highest BCUT2D eigenvalue weighted by Crippen LogP contribution is 2.41. The third kappa shape index (κ3) is 3.12. The van der Waals surface area contributed by atoms with Crippen molar-refractivity contribution in [2.45, 2.75) is 51.2 Å². The number of hydrogen-bond donors (Lipinski definition) is 1. The third-order valence-electron chi connectivity index (χ3n) is 4.57. The monoisotopic (exact) mass is 295 g/mol. The summed E-state index contributed by atoms with van der Waals surface area (Å²) in [6.45, 7) is 7.12. The highest BCUT2D eigenvalue weighted by Gasteiger charge is 2.41. The summed E-state index contributed by atoms with van der Waals surface area (Å²) in [7, 11) is 0. The van der Waals surface area contributed by atoms with E-state index in [1.54, 1.807) is 0 Å². The quantitative estimate of drug-likeness (QED) is 0.918. The van der Waals surface area contributed by atoms with Crippen LogP contribution >= 0.6 is 0 Å². The predicted molar refractivity (Wildman–Crippen MR) is 76.8 cm³/mol. The molecule has 2 heterocycles.